The summed E-state index contributed by atoms with van der Waals surface area (Å²) in [6, 6.07) is 4.77. The Kier molecular flexibility index (Phi) is 3.35. The van der Waals surface area contributed by atoms with Crippen molar-refractivity contribution in [3.63, 3.8) is 0 Å². The van der Waals surface area contributed by atoms with Gasteiger partial charge in [0.2, 0.25) is 0 Å². The van der Waals surface area contributed by atoms with Crippen molar-refractivity contribution in [3.8, 4) is 0 Å². The molecule has 0 saturated heterocycles. The predicted molar refractivity (Wildman–Crippen MR) is 68.5 cm³/mol. The third kappa shape index (κ3) is 2.69. The molecular weight excluding hydrogens is 252 g/mol. The lowest BCUT2D eigenvalue weighted by atomic mass is 10.3. The van der Waals surface area contributed by atoms with Crippen molar-refractivity contribution in [3.05, 3.63) is 42.0 Å². The molecule has 0 unspecified atom stereocenters. The molecule has 96 valence electrons. The maximum Gasteiger partial charge on any atom is 0.263 e. The Bertz CT molecular complexity index is 649. The van der Waals surface area contributed by atoms with Crippen molar-refractivity contribution in [2.24, 2.45) is 5.73 Å². The van der Waals surface area contributed by atoms with E-state index in [-0.39, 0.29) is 11.4 Å². The summed E-state index contributed by atoms with van der Waals surface area (Å²) in [5, 5.41) is 0. The van der Waals surface area contributed by atoms with Crippen LogP contribution in [0.4, 0.5) is 5.69 Å². The van der Waals surface area contributed by atoms with Crippen LogP contribution in [0.1, 0.15) is 11.4 Å². The highest BCUT2D eigenvalue weighted by atomic mass is 32.2. The third-order valence-corrected chi connectivity index (χ3v) is 3.76. The van der Waals surface area contributed by atoms with Crippen LogP contribution in [0.3, 0.4) is 0 Å². The van der Waals surface area contributed by atoms with Crippen molar-refractivity contribution < 1.29 is 8.42 Å². The maximum absolute atomic E-state index is 12.0. The van der Waals surface area contributed by atoms with E-state index in [1.807, 2.05) is 0 Å². The van der Waals surface area contributed by atoms with Crippen LogP contribution in [-0.2, 0) is 16.6 Å². The van der Waals surface area contributed by atoms with E-state index in [4.69, 9.17) is 5.73 Å². The molecule has 0 amide bonds. The molecule has 2 aromatic heterocycles. The molecule has 2 aromatic rings. The quantitative estimate of drug-likeness (QED) is 0.767. The van der Waals surface area contributed by atoms with E-state index >= 15 is 0 Å². The number of anilines is 1. The Morgan fingerprint density at radius 3 is 2.83 bits per heavy atom. The fraction of sp³-hybridized carbons (Fsp3) is 0.182. The van der Waals surface area contributed by atoms with Crippen molar-refractivity contribution in [1.29, 1.82) is 0 Å². The van der Waals surface area contributed by atoms with Gasteiger partial charge in [0.25, 0.3) is 10.0 Å². The Balaban J connectivity index is 2.27. The van der Waals surface area contributed by atoms with Crippen molar-refractivity contribution in [1.82, 2.24) is 9.97 Å². The topological polar surface area (TPSA) is 101 Å². The van der Waals surface area contributed by atoms with Crippen LogP contribution in [0.5, 0.6) is 0 Å². The average Bonchev–Trinajstić information content (AvgIpc) is 2.77. The molecule has 0 aliphatic carbocycles. The lowest BCUT2D eigenvalue weighted by Crippen LogP contribution is -2.12. The molecule has 0 spiro atoms. The van der Waals surface area contributed by atoms with Gasteiger partial charge in [-0.1, -0.05) is 0 Å². The minimum atomic E-state index is -3.58. The summed E-state index contributed by atoms with van der Waals surface area (Å²) < 4.78 is 26.6. The van der Waals surface area contributed by atoms with Crippen LogP contribution >= 0.6 is 0 Å². The summed E-state index contributed by atoms with van der Waals surface area (Å²) in [5.41, 5.74) is 7.32. The summed E-state index contributed by atoms with van der Waals surface area (Å²) in [6.07, 6.45) is 2.97. The molecule has 0 aromatic carbocycles. The number of nitrogens with two attached hydrogens (primary N) is 1. The predicted octanol–water partition coefficient (Wildman–Crippen LogP) is 0.978. The number of aromatic amines is 1. The fourth-order valence-corrected chi connectivity index (χ4v) is 2.58. The van der Waals surface area contributed by atoms with Gasteiger partial charge in [0.1, 0.15) is 4.90 Å². The second kappa shape index (κ2) is 4.79. The zero-order valence-electron chi connectivity index (χ0n) is 9.84. The first-order valence-electron chi connectivity index (χ1n) is 5.34. The molecule has 4 N–H and O–H groups in total. The maximum atomic E-state index is 12.0. The monoisotopic (exact) mass is 266 g/mol. The van der Waals surface area contributed by atoms with Crippen LogP contribution in [0.15, 0.2) is 35.5 Å². The van der Waals surface area contributed by atoms with Gasteiger partial charge in [-0.2, -0.15) is 0 Å². The highest BCUT2D eigenvalue weighted by Crippen LogP contribution is 2.16. The Morgan fingerprint density at radius 1 is 1.44 bits per heavy atom. The number of H-pyrrole nitrogens is 1. The lowest BCUT2D eigenvalue weighted by molar-refractivity contribution is 0.601. The second-order valence-corrected chi connectivity index (χ2v) is 5.54. The molecule has 6 nitrogen and oxygen atoms in total. The van der Waals surface area contributed by atoms with Gasteiger partial charge in [-0.05, 0) is 25.1 Å². The van der Waals surface area contributed by atoms with E-state index in [1.54, 1.807) is 25.3 Å². The first-order chi connectivity index (χ1) is 8.51. The molecule has 7 heteroatoms. The van der Waals surface area contributed by atoms with Crippen LogP contribution < -0.4 is 10.5 Å². The van der Waals surface area contributed by atoms with Gasteiger partial charge in [0, 0.05) is 30.3 Å². The van der Waals surface area contributed by atoms with Crippen molar-refractivity contribution in [2.45, 2.75) is 18.4 Å². The van der Waals surface area contributed by atoms with Crippen molar-refractivity contribution in [2.75, 3.05) is 4.72 Å². The van der Waals surface area contributed by atoms with Gasteiger partial charge >= 0.3 is 0 Å². The number of pyridine rings is 1. The number of rotatable bonds is 4. The molecule has 0 bridgehead atoms. The first kappa shape index (κ1) is 12.6. The normalized spacial score (nSPS) is 11.4. The summed E-state index contributed by atoms with van der Waals surface area (Å²) in [5.74, 6) is 0. The zero-order valence-corrected chi connectivity index (χ0v) is 10.7. The summed E-state index contributed by atoms with van der Waals surface area (Å²) in [6.45, 7) is 2.06. The lowest BCUT2D eigenvalue weighted by Gasteiger charge is -2.06. The molecule has 0 saturated carbocycles. The fourth-order valence-electron chi connectivity index (χ4n) is 1.52. The molecule has 0 fully saturated rings. The molecule has 0 atom stereocenters. The minimum absolute atomic E-state index is 0.164. The second-order valence-electron chi connectivity index (χ2n) is 3.86. The van der Waals surface area contributed by atoms with Crippen LogP contribution in [0, 0.1) is 6.92 Å². The molecule has 2 heterocycles. The number of nitrogens with zero attached hydrogens (tertiary/aromatic N) is 1. The van der Waals surface area contributed by atoms with Gasteiger partial charge in [-0.3, -0.25) is 9.71 Å². The zero-order chi connectivity index (χ0) is 13.2. The van der Waals surface area contributed by atoms with Crippen LogP contribution in [0.2, 0.25) is 0 Å². The van der Waals surface area contributed by atoms with Gasteiger partial charge < -0.3 is 10.7 Å². The number of hydrogen-bond acceptors (Lipinski definition) is 4. The highest BCUT2D eigenvalue weighted by molar-refractivity contribution is 7.92. The van der Waals surface area contributed by atoms with Crippen molar-refractivity contribution >= 4 is 15.7 Å². The van der Waals surface area contributed by atoms with Gasteiger partial charge in [-0.15, -0.1) is 0 Å². The summed E-state index contributed by atoms with van der Waals surface area (Å²) >= 11 is 0. The Labute approximate surface area is 105 Å². The van der Waals surface area contributed by atoms with E-state index in [0.29, 0.717) is 11.4 Å². The Morgan fingerprint density at radius 2 is 2.22 bits per heavy atom. The molecule has 0 radical (unpaired) electrons. The van der Waals surface area contributed by atoms with Gasteiger partial charge in [0.05, 0.1) is 5.69 Å². The number of aromatic nitrogens is 2. The summed E-state index contributed by atoms with van der Waals surface area (Å²) in [4.78, 5) is 6.97. The number of nitrogens with one attached hydrogen (secondary N) is 2. The van der Waals surface area contributed by atoms with E-state index in [9.17, 15) is 8.42 Å². The molecule has 18 heavy (non-hydrogen) atoms. The SMILES string of the molecule is Cc1cc(NS(=O)(=O)c2c[nH]c(CN)c2)ccn1. The standard InChI is InChI=1S/C11H14N4O2S/c1-8-4-9(2-3-13-8)15-18(16,17)11-5-10(6-12)14-7-11/h2-5,7,14H,6,12H2,1H3,(H,13,15). The number of sulfonamides is 1. The highest BCUT2D eigenvalue weighted by Gasteiger charge is 2.15. The number of hydrogen-bond donors (Lipinski definition) is 3. The Hall–Kier alpha value is -1.86. The number of aryl methyl sites for hydroxylation is 1. The molecule has 0 aliphatic heterocycles. The van der Waals surface area contributed by atoms with Crippen LogP contribution in [0.25, 0.3) is 0 Å². The minimum Gasteiger partial charge on any atom is -0.363 e. The average molecular weight is 266 g/mol. The molecule has 0 aliphatic rings. The smallest absolute Gasteiger partial charge is 0.263 e. The largest absolute Gasteiger partial charge is 0.363 e. The van der Waals surface area contributed by atoms with E-state index in [0.717, 1.165) is 5.69 Å². The first-order valence-corrected chi connectivity index (χ1v) is 6.82. The van der Waals surface area contributed by atoms with Crippen LogP contribution in [-0.4, -0.2) is 18.4 Å². The third-order valence-electron chi connectivity index (χ3n) is 2.40. The van der Waals surface area contributed by atoms with Gasteiger partial charge in [-0.25, -0.2) is 8.42 Å². The molecule has 2 rings (SSSR count). The molecular formula is C11H14N4O2S. The van der Waals surface area contributed by atoms with Gasteiger partial charge in [0.15, 0.2) is 0 Å². The summed E-state index contributed by atoms with van der Waals surface area (Å²) in [7, 11) is -3.58. The van der Waals surface area contributed by atoms with E-state index < -0.39 is 10.0 Å². The van der Waals surface area contributed by atoms with E-state index in [1.165, 1.54) is 12.3 Å². The van der Waals surface area contributed by atoms with E-state index in [2.05, 4.69) is 14.7 Å².